The van der Waals surface area contributed by atoms with E-state index in [9.17, 15) is 9.59 Å². The normalized spacial score (nSPS) is 10.5. The maximum Gasteiger partial charge on any atom is 0.310 e. The van der Waals surface area contributed by atoms with Crippen LogP contribution < -0.4 is 10.9 Å². The minimum atomic E-state index is -0.489. The monoisotopic (exact) mass is 397 g/mol. The first-order valence-electron chi connectivity index (χ1n) is 8.71. The van der Waals surface area contributed by atoms with Gasteiger partial charge >= 0.3 is 5.97 Å². The molecule has 28 heavy (non-hydrogen) atoms. The van der Waals surface area contributed by atoms with Crippen LogP contribution in [0.4, 0.5) is 11.6 Å². The number of benzene rings is 2. The van der Waals surface area contributed by atoms with E-state index in [2.05, 4.69) is 15.0 Å². The molecule has 2 aromatic carbocycles. The van der Waals surface area contributed by atoms with E-state index in [1.807, 2.05) is 49.4 Å². The highest BCUT2D eigenvalue weighted by Crippen LogP contribution is 2.25. The molecule has 0 unspecified atom stereocenters. The molecule has 0 aliphatic rings. The molecule has 0 bridgehead atoms. The molecule has 1 heterocycles. The average molecular weight is 398 g/mol. The lowest BCUT2D eigenvalue weighted by Crippen LogP contribution is -2.23. The maximum atomic E-state index is 12.4. The summed E-state index contributed by atoms with van der Waals surface area (Å²) >= 11 is 6.20. The van der Waals surface area contributed by atoms with Crippen LogP contribution >= 0.6 is 11.6 Å². The van der Waals surface area contributed by atoms with Crippen molar-refractivity contribution < 1.29 is 9.53 Å². The molecule has 0 aliphatic heterocycles. The van der Waals surface area contributed by atoms with Crippen molar-refractivity contribution in [1.82, 2.24) is 9.55 Å². The van der Waals surface area contributed by atoms with Gasteiger partial charge in [-0.2, -0.15) is 4.98 Å². The lowest BCUT2D eigenvalue weighted by atomic mass is 10.2. The van der Waals surface area contributed by atoms with Crippen LogP contribution in [0.15, 0.2) is 59.5 Å². The predicted octanol–water partition coefficient (Wildman–Crippen LogP) is 3.71. The van der Waals surface area contributed by atoms with Gasteiger partial charge in [-0.1, -0.05) is 48.0 Å². The Balaban J connectivity index is 2.03. The summed E-state index contributed by atoms with van der Waals surface area (Å²) in [7, 11) is 1.29. The van der Waals surface area contributed by atoms with Crippen molar-refractivity contribution in [1.29, 1.82) is 0 Å². The van der Waals surface area contributed by atoms with E-state index >= 15 is 0 Å². The second-order valence-electron chi connectivity index (χ2n) is 6.30. The van der Waals surface area contributed by atoms with Gasteiger partial charge in [0.05, 0.1) is 20.1 Å². The summed E-state index contributed by atoms with van der Waals surface area (Å²) in [6.07, 6.45) is 1.51. The number of anilines is 2. The van der Waals surface area contributed by atoms with Gasteiger partial charge in [0, 0.05) is 22.5 Å². The Morgan fingerprint density at radius 2 is 1.93 bits per heavy atom. The number of hydrogen-bond acceptors (Lipinski definition) is 5. The van der Waals surface area contributed by atoms with Crippen molar-refractivity contribution in [3.05, 3.63) is 86.8 Å². The number of carbonyl (C=O) groups excluding carboxylic acids is 1. The SMILES string of the molecule is COC(=O)Cc1cn(Cc2ccccc2)c(Nc2cccc(Cl)c2C)nc1=O. The van der Waals surface area contributed by atoms with Crippen molar-refractivity contribution >= 4 is 29.2 Å². The number of rotatable bonds is 6. The molecule has 7 heteroatoms. The Kier molecular flexibility index (Phi) is 6.11. The molecule has 6 nitrogen and oxygen atoms in total. The van der Waals surface area contributed by atoms with E-state index in [1.54, 1.807) is 16.8 Å². The first kappa shape index (κ1) is 19.6. The lowest BCUT2D eigenvalue weighted by molar-refractivity contribution is -0.139. The number of esters is 1. The number of halogens is 1. The highest BCUT2D eigenvalue weighted by Gasteiger charge is 2.14. The summed E-state index contributed by atoms with van der Waals surface area (Å²) in [6.45, 7) is 2.36. The lowest BCUT2D eigenvalue weighted by Gasteiger charge is -2.17. The minimum Gasteiger partial charge on any atom is -0.469 e. The van der Waals surface area contributed by atoms with Gasteiger partial charge in [-0.3, -0.25) is 9.59 Å². The molecule has 0 saturated carbocycles. The number of nitrogens with zero attached hydrogens (tertiary/aromatic N) is 2. The van der Waals surface area contributed by atoms with Gasteiger partial charge in [0.1, 0.15) is 0 Å². The van der Waals surface area contributed by atoms with Gasteiger partial charge < -0.3 is 14.6 Å². The zero-order valence-electron chi connectivity index (χ0n) is 15.6. The molecule has 1 aromatic heterocycles. The van der Waals surface area contributed by atoms with Gasteiger partial charge in [-0.15, -0.1) is 0 Å². The van der Waals surface area contributed by atoms with E-state index in [0.717, 1.165) is 16.8 Å². The van der Waals surface area contributed by atoms with Crippen molar-refractivity contribution in [2.45, 2.75) is 19.9 Å². The fraction of sp³-hybridized carbons (Fsp3) is 0.190. The van der Waals surface area contributed by atoms with Crippen LogP contribution in [0.5, 0.6) is 0 Å². The Morgan fingerprint density at radius 3 is 2.64 bits per heavy atom. The molecule has 3 rings (SSSR count). The molecule has 3 aromatic rings. The van der Waals surface area contributed by atoms with Crippen LogP contribution in [0.3, 0.4) is 0 Å². The molecule has 1 N–H and O–H groups in total. The molecular formula is C21H20ClN3O3. The smallest absolute Gasteiger partial charge is 0.310 e. The molecule has 0 spiro atoms. The summed E-state index contributed by atoms with van der Waals surface area (Å²) in [4.78, 5) is 28.2. The third-order valence-corrected chi connectivity index (χ3v) is 4.75. The first-order valence-corrected chi connectivity index (χ1v) is 9.09. The van der Waals surface area contributed by atoms with Gasteiger partial charge in [0.15, 0.2) is 0 Å². The zero-order chi connectivity index (χ0) is 20.1. The summed E-state index contributed by atoms with van der Waals surface area (Å²) in [5, 5.41) is 3.80. The fourth-order valence-corrected chi connectivity index (χ4v) is 2.92. The Bertz CT molecular complexity index is 1050. The van der Waals surface area contributed by atoms with Gasteiger partial charge in [0.25, 0.3) is 5.56 Å². The fourth-order valence-electron chi connectivity index (χ4n) is 2.75. The predicted molar refractivity (Wildman–Crippen MR) is 109 cm³/mol. The molecule has 0 aliphatic carbocycles. The minimum absolute atomic E-state index is 0.131. The van der Waals surface area contributed by atoms with Crippen molar-refractivity contribution in [3.63, 3.8) is 0 Å². The Hall–Kier alpha value is -3.12. The largest absolute Gasteiger partial charge is 0.469 e. The van der Waals surface area contributed by atoms with Crippen LogP contribution in [0.25, 0.3) is 0 Å². The number of carbonyl (C=O) groups is 1. The van der Waals surface area contributed by atoms with Crippen LogP contribution in [-0.4, -0.2) is 22.6 Å². The number of methoxy groups -OCH3 is 1. The van der Waals surface area contributed by atoms with Crippen LogP contribution in [0.1, 0.15) is 16.7 Å². The van der Waals surface area contributed by atoms with E-state index in [1.165, 1.54) is 7.11 Å². The molecule has 0 saturated heterocycles. The van der Waals surface area contributed by atoms with Crippen LogP contribution in [0.2, 0.25) is 5.02 Å². The summed E-state index contributed by atoms with van der Waals surface area (Å²) in [5.41, 5.74) is 2.43. The topological polar surface area (TPSA) is 73.2 Å². The van der Waals surface area contributed by atoms with Crippen LogP contribution in [0, 0.1) is 6.92 Å². The van der Waals surface area contributed by atoms with Crippen LogP contribution in [-0.2, 0) is 22.5 Å². The standard InChI is InChI=1S/C21H20ClN3O3/c1-14-17(22)9-6-10-18(14)23-21-24-20(27)16(11-19(26)28-2)13-25(21)12-15-7-4-3-5-8-15/h3-10,13H,11-12H2,1-2H3,(H,23,24,27). The average Bonchev–Trinajstić information content (AvgIpc) is 2.69. The van der Waals surface area contributed by atoms with Gasteiger partial charge in [0.2, 0.25) is 5.95 Å². The van der Waals surface area contributed by atoms with E-state index in [-0.39, 0.29) is 12.0 Å². The zero-order valence-corrected chi connectivity index (χ0v) is 16.4. The molecule has 0 radical (unpaired) electrons. The quantitative estimate of drug-likeness (QED) is 0.642. The Morgan fingerprint density at radius 1 is 1.18 bits per heavy atom. The van der Waals surface area contributed by atoms with E-state index < -0.39 is 11.5 Å². The second kappa shape index (κ2) is 8.71. The molecule has 0 atom stereocenters. The Labute approximate surface area is 167 Å². The van der Waals surface area contributed by atoms with Gasteiger partial charge in [-0.25, -0.2) is 0 Å². The molecule has 144 valence electrons. The van der Waals surface area contributed by atoms with E-state index in [4.69, 9.17) is 11.6 Å². The molecule has 0 fully saturated rings. The second-order valence-corrected chi connectivity index (χ2v) is 6.71. The molecular weight excluding hydrogens is 378 g/mol. The first-order chi connectivity index (χ1) is 13.5. The maximum absolute atomic E-state index is 12.4. The number of aromatic nitrogens is 2. The van der Waals surface area contributed by atoms with Crippen molar-refractivity contribution in [2.75, 3.05) is 12.4 Å². The summed E-state index contributed by atoms with van der Waals surface area (Å²) < 4.78 is 6.48. The number of ether oxygens (including phenoxy) is 1. The highest BCUT2D eigenvalue weighted by atomic mass is 35.5. The molecule has 0 amide bonds. The third kappa shape index (κ3) is 4.58. The number of hydrogen-bond donors (Lipinski definition) is 1. The van der Waals surface area contributed by atoms with Crippen molar-refractivity contribution in [3.8, 4) is 0 Å². The van der Waals surface area contributed by atoms with Crippen molar-refractivity contribution in [2.24, 2.45) is 0 Å². The van der Waals surface area contributed by atoms with E-state index in [0.29, 0.717) is 17.5 Å². The number of nitrogens with one attached hydrogen (secondary N) is 1. The van der Waals surface area contributed by atoms with Gasteiger partial charge in [-0.05, 0) is 30.2 Å². The highest BCUT2D eigenvalue weighted by molar-refractivity contribution is 6.31. The summed E-state index contributed by atoms with van der Waals surface area (Å²) in [5.74, 6) is -0.121. The third-order valence-electron chi connectivity index (χ3n) is 4.34. The summed E-state index contributed by atoms with van der Waals surface area (Å²) in [6, 6.07) is 15.3.